The third kappa shape index (κ3) is 2.79. The summed E-state index contributed by atoms with van der Waals surface area (Å²) in [5.41, 5.74) is 2.91. The zero-order valence-electron chi connectivity index (χ0n) is 13.6. The molecule has 2 aliphatic heterocycles. The fraction of sp³-hybridized carbons (Fsp3) is 0.150. The molecule has 0 radical (unpaired) electrons. The third-order valence-corrected chi connectivity index (χ3v) is 5.72. The second kappa shape index (κ2) is 6.45. The lowest BCUT2D eigenvalue weighted by Crippen LogP contribution is -2.19. The molecule has 3 heterocycles. The molecule has 0 amide bonds. The molecule has 1 aromatic heterocycles. The first-order valence-corrected chi connectivity index (χ1v) is 9.93. The number of nitrogens with zero attached hydrogens (tertiary/aromatic N) is 1. The Kier molecular flexibility index (Phi) is 3.94. The smallest absolute Gasteiger partial charge is 0.232 e. The molecule has 26 heavy (non-hydrogen) atoms. The fourth-order valence-corrected chi connectivity index (χ4v) is 4.03. The highest BCUT2D eigenvalue weighted by Gasteiger charge is 2.29. The van der Waals surface area contributed by atoms with Gasteiger partial charge in [0.15, 0.2) is 17.6 Å². The van der Waals surface area contributed by atoms with E-state index in [2.05, 4.69) is 28.1 Å². The number of ether oxygens (including phenoxy) is 3. The molecule has 5 rings (SSSR count). The second-order valence-electron chi connectivity index (χ2n) is 6.00. The van der Waals surface area contributed by atoms with Crippen LogP contribution in [0.15, 0.2) is 63.4 Å². The van der Waals surface area contributed by atoms with E-state index >= 15 is 0 Å². The Morgan fingerprint density at radius 2 is 1.77 bits per heavy atom. The lowest BCUT2D eigenvalue weighted by atomic mass is 9.98. The zero-order chi connectivity index (χ0) is 17.5. The number of halogens is 1. The monoisotopic (exact) mass is 427 g/mol. The molecule has 0 unspecified atom stereocenters. The van der Waals surface area contributed by atoms with Gasteiger partial charge in [0.2, 0.25) is 5.90 Å². The first-order chi connectivity index (χ1) is 12.8. The van der Waals surface area contributed by atoms with Crippen molar-refractivity contribution in [2.75, 3.05) is 13.2 Å². The molecule has 0 saturated carbocycles. The molecule has 0 fully saturated rings. The van der Waals surface area contributed by atoms with E-state index < -0.39 is 0 Å². The highest BCUT2D eigenvalue weighted by molar-refractivity contribution is 9.10. The molecule has 1 atom stereocenters. The Labute approximate surface area is 163 Å². The quantitative estimate of drug-likeness (QED) is 0.543. The molecule has 0 bridgehead atoms. The minimum atomic E-state index is -0.247. The molecule has 0 aliphatic carbocycles. The minimum absolute atomic E-state index is 0.247. The van der Waals surface area contributed by atoms with Crippen LogP contribution in [-0.4, -0.2) is 19.1 Å². The average Bonchev–Trinajstić information content (AvgIpc) is 3.21. The Balaban J connectivity index is 1.67. The van der Waals surface area contributed by atoms with Crippen LogP contribution >= 0.6 is 27.3 Å². The second-order valence-corrected chi connectivity index (χ2v) is 7.86. The van der Waals surface area contributed by atoms with Crippen molar-refractivity contribution in [1.82, 2.24) is 0 Å². The van der Waals surface area contributed by atoms with Gasteiger partial charge in [-0.3, -0.25) is 0 Å². The molecule has 0 N–H and O–H groups in total. The van der Waals surface area contributed by atoms with E-state index in [1.54, 1.807) is 11.3 Å². The SMILES string of the molecule is Brc1ccc([C@@H]2OC(c3cccs3)=Nc3cc4c(cc32)OCCO4)cc1. The Bertz CT molecular complexity index is 983. The zero-order valence-corrected chi connectivity index (χ0v) is 16.0. The van der Waals surface area contributed by atoms with Crippen LogP contribution in [0.4, 0.5) is 5.69 Å². The summed E-state index contributed by atoms with van der Waals surface area (Å²) in [4.78, 5) is 5.76. The highest BCUT2D eigenvalue weighted by atomic mass is 79.9. The van der Waals surface area contributed by atoms with Gasteiger partial charge in [-0.1, -0.05) is 34.1 Å². The van der Waals surface area contributed by atoms with Gasteiger partial charge in [0.05, 0.1) is 10.6 Å². The van der Waals surface area contributed by atoms with Crippen molar-refractivity contribution >= 4 is 38.9 Å². The summed E-state index contributed by atoms with van der Waals surface area (Å²) in [6.07, 6.45) is -0.247. The Morgan fingerprint density at radius 3 is 2.50 bits per heavy atom. The van der Waals surface area contributed by atoms with Gasteiger partial charge < -0.3 is 14.2 Å². The number of thiophene rings is 1. The van der Waals surface area contributed by atoms with Crippen molar-refractivity contribution in [3.8, 4) is 11.5 Å². The summed E-state index contributed by atoms with van der Waals surface area (Å²) in [5, 5.41) is 2.02. The van der Waals surface area contributed by atoms with Crippen molar-refractivity contribution in [2.24, 2.45) is 4.99 Å². The van der Waals surface area contributed by atoms with E-state index in [0.717, 1.165) is 37.7 Å². The van der Waals surface area contributed by atoms with Gasteiger partial charge in [0, 0.05) is 16.1 Å². The summed E-state index contributed by atoms with van der Waals surface area (Å²) in [7, 11) is 0. The molecule has 0 saturated heterocycles. The van der Waals surface area contributed by atoms with Gasteiger partial charge in [-0.15, -0.1) is 11.3 Å². The maximum atomic E-state index is 6.32. The Hall–Kier alpha value is -2.31. The lowest BCUT2D eigenvalue weighted by Gasteiger charge is -2.28. The van der Waals surface area contributed by atoms with Crippen molar-refractivity contribution in [1.29, 1.82) is 0 Å². The summed E-state index contributed by atoms with van der Waals surface area (Å²) >= 11 is 5.11. The normalized spacial score (nSPS) is 17.9. The van der Waals surface area contributed by atoms with Gasteiger partial charge >= 0.3 is 0 Å². The van der Waals surface area contributed by atoms with Crippen LogP contribution in [0.2, 0.25) is 0 Å². The summed E-state index contributed by atoms with van der Waals surface area (Å²) in [5.74, 6) is 2.12. The van der Waals surface area contributed by atoms with E-state index in [9.17, 15) is 0 Å². The van der Waals surface area contributed by atoms with Crippen LogP contribution < -0.4 is 9.47 Å². The molecular formula is C20H14BrNO3S. The lowest BCUT2D eigenvalue weighted by molar-refractivity contribution is 0.170. The number of hydrogen-bond donors (Lipinski definition) is 0. The average molecular weight is 428 g/mol. The predicted molar refractivity (Wildman–Crippen MR) is 105 cm³/mol. The standard InChI is InChI=1S/C20H14BrNO3S/c21-13-5-3-12(4-6-13)19-14-10-16-17(24-8-7-23-16)11-15(14)22-20(25-19)18-2-1-9-26-18/h1-6,9-11,19H,7-8H2/t19-/m0/s1. The van der Waals surface area contributed by atoms with Crippen LogP contribution in [0.3, 0.4) is 0 Å². The van der Waals surface area contributed by atoms with Crippen LogP contribution in [-0.2, 0) is 4.74 Å². The molecule has 4 nitrogen and oxygen atoms in total. The summed E-state index contributed by atoms with van der Waals surface area (Å²) in [6.45, 7) is 1.11. The largest absolute Gasteiger partial charge is 0.486 e. The van der Waals surface area contributed by atoms with Crippen LogP contribution in [0.1, 0.15) is 22.1 Å². The molecule has 2 aliphatic rings. The number of aliphatic imine (C=N–C) groups is 1. The first-order valence-electron chi connectivity index (χ1n) is 8.26. The third-order valence-electron chi connectivity index (χ3n) is 4.33. The molecule has 130 valence electrons. The van der Waals surface area contributed by atoms with E-state index in [1.807, 2.05) is 41.8 Å². The van der Waals surface area contributed by atoms with Crippen LogP contribution in [0.25, 0.3) is 0 Å². The van der Waals surface area contributed by atoms with Crippen molar-refractivity contribution in [3.63, 3.8) is 0 Å². The maximum Gasteiger partial charge on any atom is 0.232 e. The number of benzene rings is 2. The van der Waals surface area contributed by atoms with Crippen molar-refractivity contribution in [3.05, 3.63) is 74.4 Å². The molecule has 2 aromatic carbocycles. The number of hydrogen-bond acceptors (Lipinski definition) is 5. The fourth-order valence-electron chi connectivity index (χ4n) is 3.11. The van der Waals surface area contributed by atoms with E-state index in [0.29, 0.717) is 19.1 Å². The first kappa shape index (κ1) is 15.9. The number of rotatable bonds is 2. The molecule has 0 spiro atoms. The van der Waals surface area contributed by atoms with Crippen LogP contribution in [0.5, 0.6) is 11.5 Å². The van der Waals surface area contributed by atoms with Crippen molar-refractivity contribution < 1.29 is 14.2 Å². The van der Waals surface area contributed by atoms with E-state index in [-0.39, 0.29) is 6.10 Å². The van der Waals surface area contributed by atoms with E-state index in [1.165, 1.54) is 0 Å². The van der Waals surface area contributed by atoms with E-state index in [4.69, 9.17) is 19.2 Å². The summed E-state index contributed by atoms with van der Waals surface area (Å²) in [6, 6.07) is 16.1. The number of fused-ring (bicyclic) bond motifs is 2. The molecule has 3 aromatic rings. The van der Waals surface area contributed by atoms with Crippen molar-refractivity contribution in [2.45, 2.75) is 6.10 Å². The maximum absolute atomic E-state index is 6.32. The van der Waals surface area contributed by atoms with Gasteiger partial charge in [-0.2, -0.15) is 0 Å². The van der Waals surface area contributed by atoms with Crippen LogP contribution in [0, 0.1) is 0 Å². The molecular weight excluding hydrogens is 414 g/mol. The van der Waals surface area contributed by atoms with Gasteiger partial charge in [0.25, 0.3) is 0 Å². The Morgan fingerprint density at radius 1 is 1.00 bits per heavy atom. The predicted octanol–water partition coefficient (Wildman–Crippen LogP) is 5.48. The summed E-state index contributed by atoms with van der Waals surface area (Å²) < 4.78 is 18.8. The highest BCUT2D eigenvalue weighted by Crippen LogP contribution is 2.45. The minimum Gasteiger partial charge on any atom is -0.486 e. The van der Waals surface area contributed by atoms with Gasteiger partial charge in [-0.05, 0) is 35.2 Å². The van der Waals surface area contributed by atoms with Gasteiger partial charge in [-0.25, -0.2) is 4.99 Å². The molecule has 6 heteroatoms. The van der Waals surface area contributed by atoms with Gasteiger partial charge in [0.1, 0.15) is 13.2 Å². The topological polar surface area (TPSA) is 40.0 Å².